The van der Waals surface area contributed by atoms with Gasteiger partial charge in [-0.1, -0.05) is 11.2 Å². The Hall–Kier alpha value is -2.34. The summed E-state index contributed by atoms with van der Waals surface area (Å²) in [5.41, 5.74) is 2.40. The van der Waals surface area contributed by atoms with Crippen molar-refractivity contribution < 1.29 is 9.26 Å². The molecule has 100 valence electrons. The second-order valence-corrected chi connectivity index (χ2v) is 4.75. The molecule has 1 aliphatic heterocycles. The minimum absolute atomic E-state index is 0.230. The van der Waals surface area contributed by atoms with E-state index in [1.54, 1.807) is 12.4 Å². The van der Waals surface area contributed by atoms with Gasteiger partial charge in [0.2, 0.25) is 0 Å². The zero-order valence-electron chi connectivity index (χ0n) is 10.7. The molecular weight excluding hydrogens is 256 g/mol. The standard InChI is InChI=1S/C14H12N4O2/c1-2-10(12-11(3-1)15-5-6-16-12)14-17-13(18-20-14)9-4-7-19-8-9/h1-3,5-6,9H,4,7-8H2/t9-/m0/s1. The molecule has 0 N–H and O–H groups in total. The van der Waals surface area contributed by atoms with Gasteiger partial charge in [-0.25, -0.2) is 0 Å². The van der Waals surface area contributed by atoms with E-state index in [0.717, 1.165) is 29.6 Å². The molecular formula is C14H12N4O2. The van der Waals surface area contributed by atoms with Crippen LogP contribution in [0, 0.1) is 0 Å². The van der Waals surface area contributed by atoms with E-state index in [0.29, 0.717) is 18.3 Å². The smallest absolute Gasteiger partial charge is 0.260 e. The highest BCUT2D eigenvalue weighted by Gasteiger charge is 2.24. The van der Waals surface area contributed by atoms with Crippen LogP contribution in [0.4, 0.5) is 0 Å². The van der Waals surface area contributed by atoms with Gasteiger partial charge in [0, 0.05) is 24.9 Å². The van der Waals surface area contributed by atoms with Crippen molar-refractivity contribution in [3.05, 3.63) is 36.4 Å². The summed E-state index contributed by atoms with van der Waals surface area (Å²) in [7, 11) is 0. The first kappa shape index (κ1) is 11.5. The molecule has 0 aliphatic carbocycles. The van der Waals surface area contributed by atoms with Crippen LogP contribution in [0.25, 0.3) is 22.5 Å². The van der Waals surface area contributed by atoms with Crippen LogP contribution in [0.5, 0.6) is 0 Å². The largest absolute Gasteiger partial charge is 0.381 e. The van der Waals surface area contributed by atoms with Gasteiger partial charge in [-0.3, -0.25) is 9.97 Å². The van der Waals surface area contributed by atoms with Crippen LogP contribution in [-0.2, 0) is 4.74 Å². The van der Waals surface area contributed by atoms with Crippen molar-refractivity contribution in [1.82, 2.24) is 20.1 Å². The molecule has 0 saturated carbocycles. The molecule has 1 atom stereocenters. The number of fused-ring (bicyclic) bond motifs is 1. The molecule has 0 spiro atoms. The van der Waals surface area contributed by atoms with E-state index in [9.17, 15) is 0 Å². The SMILES string of the molecule is c1cc(-c2nc([C@H]3CCOC3)no2)c2nccnc2c1. The molecule has 0 bridgehead atoms. The average Bonchev–Trinajstić information content (AvgIpc) is 3.17. The Morgan fingerprint density at radius 3 is 3.00 bits per heavy atom. The summed E-state index contributed by atoms with van der Waals surface area (Å²) in [5.74, 6) is 1.42. The highest BCUT2D eigenvalue weighted by atomic mass is 16.5. The van der Waals surface area contributed by atoms with Gasteiger partial charge < -0.3 is 9.26 Å². The highest BCUT2D eigenvalue weighted by molar-refractivity contribution is 5.88. The Bertz CT molecular complexity index is 744. The van der Waals surface area contributed by atoms with Crippen LogP contribution in [0.2, 0.25) is 0 Å². The molecule has 1 aromatic carbocycles. The van der Waals surface area contributed by atoms with E-state index in [1.165, 1.54) is 0 Å². The van der Waals surface area contributed by atoms with E-state index in [1.807, 2.05) is 18.2 Å². The average molecular weight is 268 g/mol. The van der Waals surface area contributed by atoms with Crippen LogP contribution < -0.4 is 0 Å². The number of rotatable bonds is 2. The van der Waals surface area contributed by atoms with Crippen molar-refractivity contribution in [1.29, 1.82) is 0 Å². The molecule has 2 aromatic heterocycles. The molecule has 20 heavy (non-hydrogen) atoms. The Morgan fingerprint density at radius 2 is 2.10 bits per heavy atom. The first-order valence-electron chi connectivity index (χ1n) is 6.53. The van der Waals surface area contributed by atoms with Crippen molar-refractivity contribution in [2.45, 2.75) is 12.3 Å². The van der Waals surface area contributed by atoms with Gasteiger partial charge in [0.1, 0.15) is 5.52 Å². The van der Waals surface area contributed by atoms with Crippen molar-refractivity contribution in [3.8, 4) is 11.5 Å². The fourth-order valence-electron chi connectivity index (χ4n) is 2.41. The van der Waals surface area contributed by atoms with Gasteiger partial charge in [0.15, 0.2) is 5.82 Å². The predicted molar refractivity (Wildman–Crippen MR) is 71.0 cm³/mol. The van der Waals surface area contributed by atoms with E-state index >= 15 is 0 Å². The molecule has 6 nitrogen and oxygen atoms in total. The molecule has 3 heterocycles. The topological polar surface area (TPSA) is 73.9 Å². The van der Waals surface area contributed by atoms with Crippen LogP contribution in [0.15, 0.2) is 35.1 Å². The van der Waals surface area contributed by atoms with Gasteiger partial charge in [-0.05, 0) is 18.6 Å². The summed E-state index contributed by atoms with van der Waals surface area (Å²) >= 11 is 0. The Labute approximate surface area is 114 Å². The number of benzene rings is 1. The summed E-state index contributed by atoms with van der Waals surface area (Å²) in [6.07, 6.45) is 4.27. The molecule has 1 aliphatic rings. The Kier molecular flexibility index (Phi) is 2.67. The molecule has 0 radical (unpaired) electrons. The monoisotopic (exact) mass is 268 g/mol. The molecule has 0 amide bonds. The van der Waals surface area contributed by atoms with Gasteiger partial charge in [-0.2, -0.15) is 4.98 Å². The molecule has 0 unspecified atom stereocenters. The number of hydrogen-bond acceptors (Lipinski definition) is 6. The summed E-state index contributed by atoms with van der Waals surface area (Å²) < 4.78 is 10.7. The zero-order valence-corrected chi connectivity index (χ0v) is 10.7. The van der Waals surface area contributed by atoms with Crippen LogP contribution >= 0.6 is 0 Å². The summed E-state index contributed by atoms with van der Waals surface area (Å²) in [6.45, 7) is 1.42. The molecule has 1 saturated heterocycles. The van der Waals surface area contributed by atoms with Crippen LogP contribution in [-0.4, -0.2) is 33.3 Å². The summed E-state index contributed by atoms with van der Waals surface area (Å²) in [5, 5.41) is 4.07. The Balaban J connectivity index is 1.79. The van der Waals surface area contributed by atoms with Gasteiger partial charge >= 0.3 is 0 Å². The maximum Gasteiger partial charge on any atom is 0.260 e. The number of aromatic nitrogens is 4. The minimum Gasteiger partial charge on any atom is -0.381 e. The van der Waals surface area contributed by atoms with Crippen molar-refractivity contribution in [2.75, 3.05) is 13.2 Å². The first-order valence-corrected chi connectivity index (χ1v) is 6.53. The number of nitrogens with zero attached hydrogens (tertiary/aromatic N) is 4. The van der Waals surface area contributed by atoms with Crippen LogP contribution in [0.1, 0.15) is 18.2 Å². The quantitative estimate of drug-likeness (QED) is 0.709. The molecule has 3 aromatic rings. The normalized spacial score (nSPS) is 18.7. The van der Waals surface area contributed by atoms with E-state index < -0.39 is 0 Å². The Morgan fingerprint density at radius 1 is 1.15 bits per heavy atom. The highest BCUT2D eigenvalue weighted by Crippen LogP contribution is 2.28. The fourth-order valence-corrected chi connectivity index (χ4v) is 2.41. The molecule has 6 heteroatoms. The van der Waals surface area contributed by atoms with Gasteiger partial charge in [0.05, 0.1) is 17.7 Å². The third kappa shape index (κ3) is 1.85. The fraction of sp³-hybridized carbons (Fsp3) is 0.286. The maximum absolute atomic E-state index is 5.39. The number of hydrogen-bond donors (Lipinski definition) is 0. The molecule has 4 rings (SSSR count). The molecule has 1 fully saturated rings. The third-order valence-electron chi connectivity index (χ3n) is 3.47. The van der Waals surface area contributed by atoms with E-state index in [-0.39, 0.29) is 5.92 Å². The lowest BCUT2D eigenvalue weighted by atomic mass is 10.1. The van der Waals surface area contributed by atoms with Crippen molar-refractivity contribution in [2.24, 2.45) is 0 Å². The lowest BCUT2D eigenvalue weighted by Crippen LogP contribution is -1.99. The first-order chi connectivity index (χ1) is 9.92. The maximum atomic E-state index is 5.39. The van der Waals surface area contributed by atoms with Gasteiger partial charge in [-0.15, -0.1) is 0 Å². The number of ether oxygens (including phenoxy) is 1. The van der Waals surface area contributed by atoms with Crippen molar-refractivity contribution in [3.63, 3.8) is 0 Å². The van der Waals surface area contributed by atoms with Crippen LogP contribution in [0.3, 0.4) is 0 Å². The summed E-state index contributed by atoms with van der Waals surface area (Å²) in [4.78, 5) is 13.1. The predicted octanol–water partition coefficient (Wildman–Crippen LogP) is 2.18. The minimum atomic E-state index is 0.230. The van der Waals surface area contributed by atoms with E-state index in [2.05, 4.69) is 20.1 Å². The number of para-hydroxylation sites is 1. The second kappa shape index (κ2) is 4.64. The lowest BCUT2D eigenvalue weighted by molar-refractivity contribution is 0.192. The zero-order chi connectivity index (χ0) is 13.4. The van der Waals surface area contributed by atoms with Crippen molar-refractivity contribution >= 4 is 11.0 Å². The van der Waals surface area contributed by atoms with E-state index in [4.69, 9.17) is 9.26 Å². The van der Waals surface area contributed by atoms with Gasteiger partial charge in [0.25, 0.3) is 5.89 Å². The third-order valence-corrected chi connectivity index (χ3v) is 3.47. The summed E-state index contributed by atoms with van der Waals surface area (Å²) in [6, 6.07) is 5.74. The lowest BCUT2D eigenvalue weighted by Gasteiger charge is -2.00. The second-order valence-electron chi connectivity index (χ2n) is 4.75.